The highest BCUT2D eigenvalue weighted by Crippen LogP contribution is 2.50. The zero-order chi connectivity index (χ0) is 19.3. The number of carbonyl (C=O) groups is 1. The summed E-state index contributed by atoms with van der Waals surface area (Å²) in [6.45, 7) is 2.05. The number of benzene rings is 1. The summed E-state index contributed by atoms with van der Waals surface area (Å²) in [6, 6.07) is 7.92. The van der Waals surface area contributed by atoms with Gasteiger partial charge < -0.3 is 21.7 Å². The van der Waals surface area contributed by atoms with Crippen molar-refractivity contribution in [3.05, 3.63) is 29.8 Å². The Labute approximate surface area is 163 Å². The molecule has 1 aromatic carbocycles. The molecule has 2 aliphatic carbocycles. The molecule has 2 aliphatic heterocycles. The Balaban J connectivity index is 1.42. The summed E-state index contributed by atoms with van der Waals surface area (Å²) in [4.78, 5) is 26.2. The Bertz CT molecular complexity index is 892. The van der Waals surface area contributed by atoms with E-state index in [1.807, 2.05) is 12.1 Å². The summed E-state index contributed by atoms with van der Waals surface area (Å²) < 4.78 is 0. The van der Waals surface area contributed by atoms with E-state index >= 15 is 0 Å². The normalized spacial score (nSPS) is 36.6. The summed E-state index contributed by atoms with van der Waals surface area (Å²) in [5.74, 6) is 1.81. The van der Waals surface area contributed by atoms with Crippen LogP contribution in [0.4, 0.5) is 5.69 Å². The number of nitrogens with one attached hydrogen (secondary N) is 3. The number of carbonyl (C=O) groups excluding carboxylic acids is 1. The minimum atomic E-state index is -0.266. The molecule has 0 radical (unpaired) electrons. The highest BCUT2D eigenvalue weighted by molar-refractivity contribution is 6.10. The van der Waals surface area contributed by atoms with E-state index in [9.17, 15) is 4.79 Å². The van der Waals surface area contributed by atoms with Gasteiger partial charge in [0.1, 0.15) is 11.9 Å². The number of aliphatic imine (C=N–C) groups is 3. The number of nitrogens with two attached hydrogens (primary N) is 1. The Kier molecular flexibility index (Phi) is 4.07. The van der Waals surface area contributed by atoms with Crippen molar-refractivity contribution < 1.29 is 4.79 Å². The Morgan fingerprint density at radius 1 is 1.32 bits per heavy atom. The van der Waals surface area contributed by atoms with Gasteiger partial charge in [-0.25, -0.2) is 9.98 Å². The van der Waals surface area contributed by atoms with Crippen molar-refractivity contribution in [2.45, 2.75) is 44.4 Å². The maximum atomic E-state index is 12.1. The number of amidine groups is 1. The summed E-state index contributed by atoms with van der Waals surface area (Å²) in [6.07, 6.45) is 4.67. The van der Waals surface area contributed by atoms with Crippen molar-refractivity contribution >= 4 is 29.7 Å². The van der Waals surface area contributed by atoms with Gasteiger partial charge in [-0.3, -0.25) is 9.79 Å². The van der Waals surface area contributed by atoms with Gasteiger partial charge in [0, 0.05) is 5.69 Å². The quantitative estimate of drug-likeness (QED) is 0.627. The second kappa shape index (κ2) is 6.61. The molecule has 2 fully saturated rings. The highest BCUT2D eigenvalue weighted by atomic mass is 16.1. The molecule has 0 saturated heterocycles. The van der Waals surface area contributed by atoms with Gasteiger partial charge in [-0.05, 0) is 55.7 Å². The summed E-state index contributed by atoms with van der Waals surface area (Å²) in [7, 11) is 0. The van der Waals surface area contributed by atoms with Gasteiger partial charge in [0.05, 0.1) is 18.3 Å². The van der Waals surface area contributed by atoms with Gasteiger partial charge in [-0.2, -0.15) is 0 Å². The first-order chi connectivity index (χ1) is 13.6. The van der Waals surface area contributed by atoms with E-state index in [0.717, 1.165) is 30.8 Å². The molecule has 8 nitrogen and oxygen atoms in total. The number of nitrogens with zero attached hydrogens (tertiary/aromatic N) is 3. The van der Waals surface area contributed by atoms with Crippen LogP contribution in [0.15, 0.2) is 39.2 Å². The fourth-order valence-electron chi connectivity index (χ4n) is 5.11. The SMILES string of the molecule is Cc1cccc(NC2=NC3N=CNC3C(=NC3C4CCC(C4)C3C(N)=O)N2)c1. The predicted octanol–water partition coefficient (Wildman–Crippen LogP) is 0.991. The summed E-state index contributed by atoms with van der Waals surface area (Å²) in [5, 5.41) is 9.88. The molecule has 2 saturated carbocycles. The van der Waals surface area contributed by atoms with E-state index in [1.54, 1.807) is 6.34 Å². The number of primary amides is 1. The molecule has 0 aromatic heterocycles. The number of guanidine groups is 1. The van der Waals surface area contributed by atoms with E-state index in [2.05, 4.69) is 45.0 Å². The van der Waals surface area contributed by atoms with Crippen molar-refractivity contribution in [1.29, 1.82) is 0 Å². The minimum Gasteiger partial charge on any atom is -0.369 e. The van der Waals surface area contributed by atoms with Crippen molar-refractivity contribution in [1.82, 2.24) is 10.6 Å². The molecule has 146 valence electrons. The van der Waals surface area contributed by atoms with Gasteiger partial charge in [-0.1, -0.05) is 12.1 Å². The molecule has 1 amide bonds. The van der Waals surface area contributed by atoms with Crippen LogP contribution in [0.2, 0.25) is 0 Å². The number of hydrogen-bond donors (Lipinski definition) is 4. The maximum Gasteiger partial charge on any atom is 0.222 e. The first kappa shape index (κ1) is 17.2. The smallest absolute Gasteiger partial charge is 0.222 e. The monoisotopic (exact) mass is 379 g/mol. The molecule has 2 heterocycles. The van der Waals surface area contributed by atoms with Gasteiger partial charge in [0.2, 0.25) is 11.9 Å². The first-order valence-electron chi connectivity index (χ1n) is 9.92. The van der Waals surface area contributed by atoms with Crippen LogP contribution in [-0.2, 0) is 4.79 Å². The van der Waals surface area contributed by atoms with Crippen LogP contribution in [-0.4, -0.2) is 42.3 Å². The van der Waals surface area contributed by atoms with Gasteiger partial charge in [0.15, 0.2) is 6.17 Å². The standard InChI is InChI=1S/C20H25N7O/c1-10-3-2-4-13(7-10)24-20-26-18-16(22-9-23-18)19(27-20)25-15-12-6-5-11(8-12)14(15)17(21)28/h2-4,7,9,11-12,14-16,18H,5-6,8H2,1H3,(H2,21,28)(H,22,23)(H2,24,25,26,27). The third-order valence-electron chi connectivity index (χ3n) is 6.35. The molecule has 1 aromatic rings. The second-order valence-corrected chi connectivity index (χ2v) is 8.20. The van der Waals surface area contributed by atoms with Crippen molar-refractivity contribution in [3.63, 3.8) is 0 Å². The molecular formula is C20H25N7O. The maximum absolute atomic E-state index is 12.1. The average Bonchev–Trinajstić information content (AvgIpc) is 3.37. The number of fused-ring (bicyclic) bond motifs is 3. The minimum absolute atomic E-state index is 0.0554. The molecule has 28 heavy (non-hydrogen) atoms. The Hall–Kier alpha value is -2.90. The molecule has 4 aliphatic rings. The van der Waals surface area contributed by atoms with E-state index in [-0.39, 0.29) is 30.1 Å². The number of amides is 1. The topological polar surface area (TPSA) is 116 Å². The van der Waals surface area contributed by atoms with Crippen molar-refractivity contribution in [2.75, 3.05) is 5.32 Å². The number of hydrogen-bond acceptors (Lipinski definition) is 6. The fourth-order valence-corrected chi connectivity index (χ4v) is 5.11. The van der Waals surface area contributed by atoms with E-state index in [0.29, 0.717) is 17.8 Å². The van der Waals surface area contributed by atoms with Gasteiger partial charge in [0.25, 0.3) is 0 Å². The molecule has 6 unspecified atom stereocenters. The lowest BCUT2D eigenvalue weighted by Crippen LogP contribution is -2.55. The van der Waals surface area contributed by atoms with Crippen LogP contribution >= 0.6 is 0 Å². The molecule has 6 atom stereocenters. The predicted molar refractivity (Wildman–Crippen MR) is 109 cm³/mol. The number of aryl methyl sites for hydroxylation is 1. The third kappa shape index (κ3) is 2.93. The molecule has 2 bridgehead atoms. The second-order valence-electron chi connectivity index (χ2n) is 8.20. The van der Waals surface area contributed by atoms with Crippen molar-refractivity contribution in [3.8, 4) is 0 Å². The Morgan fingerprint density at radius 3 is 3.00 bits per heavy atom. The Morgan fingerprint density at radius 2 is 2.18 bits per heavy atom. The number of anilines is 1. The third-order valence-corrected chi connectivity index (χ3v) is 6.35. The molecule has 5 N–H and O–H groups in total. The van der Waals surface area contributed by atoms with E-state index < -0.39 is 0 Å². The van der Waals surface area contributed by atoms with Gasteiger partial charge in [-0.15, -0.1) is 0 Å². The molecule has 5 rings (SSSR count). The van der Waals surface area contributed by atoms with Crippen molar-refractivity contribution in [2.24, 2.45) is 38.5 Å². The van der Waals surface area contributed by atoms with E-state index in [4.69, 9.17) is 10.7 Å². The zero-order valence-electron chi connectivity index (χ0n) is 15.8. The van der Waals surface area contributed by atoms with E-state index in [1.165, 1.54) is 5.56 Å². The zero-order valence-corrected chi connectivity index (χ0v) is 15.8. The summed E-state index contributed by atoms with van der Waals surface area (Å²) >= 11 is 0. The summed E-state index contributed by atoms with van der Waals surface area (Å²) in [5.41, 5.74) is 7.84. The van der Waals surface area contributed by atoms with Crippen LogP contribution in [0.25, 0.3) is 0 Å². The highest BCUT2D eigenvalue weighted by Gasteiger charge is 2.51. The largest absolute Gasteiger partial charge is 0.369 e. The lowest BCUT2D eigenvalue weighted by Gasteiger charge is -2.31. The van der Waals surface area contributed by atoms with Crippen LogP contribution < -0.4 is 21.7 Å². The molecular weight excluding hydrogens is 354 g/mol. The van der Waals surface area contributed by atoms with Crippen LogP contribution in [0, 0.1) is 24.7 Å². The lowest BCUT2D eigenvalue weighted by atomic mass is 9.84. The molecule has 8 heteroatoms. The van der Waals surface area contributed by atoms with Gasteiger partial charge >= 0.3 is 0 Å². The van der Waals surface area contributed by atoms with Crippen LogP contribution in [0.1, 0.15) is 24.8 Å². The average molecular weight is 379 g/mol. The number of rotatable bonds is 3. The van der Waals surface area contributed by atoms with Crippen LogP contribution in [0.3, 0.4) is 0 Å². The first-order valence-corrected chi connectivity index (χ1v) is 9.92. The van der Waals surface area contributed by atoms with Crippen LogP contribution in [0.5, 0.6) is 0 Å². The lowest BCUT2D eigenvalue weighted by molar-refractivity contribution is -0.123. The fraction of sp³-hybridized carbons (Fsp3) is 0.500. The molecule has 0 spiro atoms.